The lowest BCUT2D eigenvalue weighted by molar-refractivity contribution is 0.297. The first-order valence-corrected chi connectivity index (χ1v) is 10.4. The van der Waals surface area contributed by atoms with Crippen LogP contribution in [0.5, 0.6) is 11.5 Å². The number of hydrogen-bond donors (Lipinski definition) is 2. The summed E-state index contributed by atoms with van der Waals surface area (Å²) in [5.74, 6) is 2.29. The van der Waals surface area contributed by atoms with Crippen LogP contribution >= 0.6 is 24.0 Å². The van der Waals surface area contributed by atoms with Gasteiger partial charge in [0.1, 0.15) is 0 Å². The van der Waals surface area contributed by atoms with Crippen LogP contribution in [0.2, 0.25) is 0 Å². The maximum Gasteiger partial charge on any atom is 0.195 e. The van der Waals surface area contributed by atoms with Gasteiger partial charge in [0.05, 0.1) is 25.1 Å². The third kappa shape index (κ3) is 6.36. The molecule has 1 aromatic heterocycles. The second-order valence-electron chi connectivity index (χ2n) is 6.98. The number of ether oxygens (including phenoxy) is 2. The maximum atomic E-state index is 5.77. The molecule has 2 N–H and O–H groups in total. The molecule has 0 spiro atoms. The molecule has 1 aliphatic rings. The van der Waals surface area contributed by atoms with E-state index < -0.39 is 0 Å². The maximum absolute atomic E-state index is 5.77. The van der Waals surface area contributed by atoms with Gasteiger partial charge in [-0.2, -0.15) is 5.10 Å². The van der Waals surface area contributed by atoms with Crippen LogP contribution in [-0.4, -0.2) is 42.0 Å². The molecule has 0 bridgehead atoms. The predicted octanol–water partition coefficient (Wildman–Crippen LogP) is 4.27. The fourth-order valence-electron chi connectivity index (χ4n) is 3.19. The highest BCUT2D eigenvalue weighted by Crippen LogP contribution is 2.32. The number of halogens is 1. The number of rotatable bonds is 6. The second-order valence-corrected chi connectivity index (χ2v) is 6.98. The quantitative estimate of drug-likeness (QED) is 0.281. The van der Waals surface area contributed by atoms with E-state index in [1.165, 1.54) is 0 Å². The molecule has 31 heavy (non-hydrogen) atoms. The number of nitrogens with zero attached hydrogens (tertiary/aromatic N) is 3. The minimum Gasteiger partial charge on any atom is -0.490 e. The molecule has 2 aromatic carbocycles. The first-order chi connectivity index (χ1) is 14.8. The number of para-hydroxylation sites is 1. The van der Waals surface area contributed by atoms with Gasteiger partial charge in [-0.3, -0.25) is 4.99 Å². The van der Waals surface area contributed by atoms with Gasteiger partial charge in [-0.25, -0.2) is 4.68 Å². The third-order valence-corrected chi connectivity index (χ3v) is 4.68. The van der Waals surface area contributed by atoms with E-state index in [-0.39, 0.29) is 24.0 Å². The van der Waals surface area contributed by atoms with Crippen LogP contribution in [0.15, 0.2) is 65.9 Å². The topological polar surface area (TPSA) is 72.7 Å². The van der Waals surface area contributed by atoms with Crippen molar-refractivity contribution in [1.82, 2.24) is 15.1 Å². The highest BCUT2D eigenvalue weighted by molar-refractivity contribution is 14.0. The van der Waals surface area contributed by atoms with Crippen molar-refractivity contribution in [3.63, 3.8) is 0 Å². The molecule has 1 aliphatic heterocycles. The SMILES string of the molecule is CCNC(=NCCc1cnn(-c2ccccc2)c1)Nc1ccc2c(c1)OCCCO2.I. The van der Waals surface area contributed by atoms with E-state index in [1.54, 1.807) is 0 Å². The molecular formula is C23H28IN5O2. The van der Waals surface area contributed by atoms with Crippen molar-refractivity contribution < 1.29 is 9.47 Å². The van der Waals surface area contributed by atoms with Crippen molar-refractivity contribution >= 4 is 35.6 Å². The van der Waals surface area contributed by atoms with Crippen LogP contribution < -0.4 is 20.1 Å². The van der Waals surface area contributed by atoms with Crippen molar-refractivity contribution in [3.8, 4) is 17.2 Å². The van der Waals surface area contributed by atoms with Gasteiger partial charge in [0.15, 0.2) is 17.5 Å². The van der Waals surface area contributed by atoms with Gasteiger partial charge < -0.3 is 20.1 Å². The van der Waals surface area contributed by atoms with Crippen LogP contribution in [0.1, 0.15) is 18.9 Å². The molecule has 164 valence electrons. The molecule has 0 unspecified atom stereocenters. The van der Waals surface area contributed by atoms with Gasteiger partial charge in [-0.05, 0) is 43.2 Å². The highest BCUT2D eigenvalue weighted by atomic mass is 127. The number of hydrogen-bond acceptors (Lipinski definition) is 4. The molecule has 0 amide bonds. The minimum absolute atomic E-state index is 0. The first kappa shape index (κ1) is 22.9. The number of benzene rings is 2. The third-order valence-electron chi connectivity index (χ3n) is 4.68. The van der Waals surface area contributed by atoms with Crippen molar-refractivity contribution in [3.05, 3.63) is 66.5 Å². The van der Waals surface area contributed by atoms with Gasteiger partial charge >= 0.3 is 0 Å². The van der Waals surface area contributed by atoms with Crippen molar-refractivity contribution in [2.75, 3.05) is 31.6 Å². The molecule has 7 nitrogen and oxygen atoms in total. The average Bonchev–Trinajstić information content (AvgIpc) is 3.12. The Labute approximate surface area is 199 Å². The molecule has 2 heterocycles. The number of aromatic nitrogens is 2. The summed E-state index contributed by atoms with van der Waals surface area (Å²) in [6.45, 7) is 4.84. The molecule has 8 heteroatoms. The molecule has 0 fully saturated rings. The summed E-state index contributed by atoms with van der Waals surface area (Å²) >= 11 is 0. The molecular weight excluding hydrogens is 505 g/mol. The average molecular weight is 533 g/mol. The number of guanidine groups is 1. The molecule has 3 aromatic rings. The second kappa shape index (κ2) is 11.6. The Morgan fingerprint density at radius 2 is 1.90 bits per heavy atom. The monoisotopic (exact) mass is 533 g/mol. The Morgan fingerprint density at radius 3 is 2.71 bits per heavy atom. The standard InChI is InChI=1S/C23H27N5O2.HI/c1-2-24-23(27-19-9-10-21-22(15-19)30-14-6-13-29-21)25-12-11-18-16-26-28(17-18)20-7-4-3-5-8-20;/h3-5,7-10,15-17H,2,6,11-14H2,1H3,(H2,24,25,27);1H. The van der Waals surface area contributed by atoms with Crippen LogP contribution in [0.3, 0.4) is 0 Å². The zero-order chi connectivity index (χ0) is 20.6. The lowest BCUT2D eigenvalue weighted by Gasteiger charge is -2.13. The highest BCUT2D eigenvalue weighted by Gasteiger charge is 2.11. The Kier molecular flexibility index (Phi) is 8.57. The van der Waals surface area contributed by atoms with Crippen molar-refractivity contribution in [2.24, 2.45) is 4.99 Å². The zero-order valence-electron chi connectivity index (χ0n) is 17.6. The zero-order valence-corrected chi connectivity index (χ0v) is 19.9. The summed E-state index contributed by atoms with van der Waals surface area (Å²) in [5, 5.41) is 11.1. The Bertz CT molecular complexity index is 991. The number of aliphatic imine (C=N–C) groups is 1. The van der Waals surface area contributed by atoms with Crippen LogP contribution in [-0.2, 0) is 6.42 Å². The number of fused-ring (bicyclic) bond motifs is 1. The van der Waals surface area contributed by atoms with Gasteiger partial charge in [0.25, 0.3) is 0 Å². The largest absolute Gasteiger partial charge is 0.490 e. The summed E-state index contributed by atoms with van der Waals surface area (Å²) in [6, 6.07) is 16.0. The predicted molar refractivity (Wildman–Crippen MR) is 134 cm³/mol. The van der Waals surface area contributed by atoms with E-state index in [1.807, 2.05) is 59.4 Å². The summed E-state index contributed by atoms with van der Waals surface area (Å²) in [7, 11) is 0. The van der Waals surface area contributed by atoms with Crippen molar-refractivity contribution in [1.29, 1.82) is 0 Å². The number of anilines is 1. The molecule has 4 rings (SSSR count). The van der Waals surface area contributed by atoms with E-state index in [0.29, 0.717) is 19.8 Å². The van der Waals surface area contributed by atoms with E-state index in [9.17, 15) is 0 Å². The van der Waals surface area contributed by atoms with E-state index in [2.05, 4.69) is 28.9 Å². The van der Waals surface area contributed by atoms with Gasteiger partial charge in [0, 0.05) is 37.5 Å². The summed E-state index contributed by atoms with van der Waals surface area (Å²) in [6.07, 6.45) is 5.65. The summed E-state index contributed by atoms with van der Waals surface area (Å²) in [4.78, 5) is 4.70. The van der Waals surface area contributed by atoms with Crippen LogP contribution in [0.25, 0.3) is 5.69 Å². The van der Waals surface area contributed by atoms with Crippen LogP contribution in [0.4, 0.5) is 5.69 Å². The molecule has 0 aliphatic carbocycles. The van der Waals surface area contributed by atoms with E-state index in [0.717, 1.165) is 53.8 Å². The Balaban J connectivity index is 0.00000272. The van der Waals surface area contributed by atoms with E-state index in [4.69, 9.17) is 14.5 Å². The summed E-state index contributed by atoms with van der Waals surface area (Å²) < 4.78 is 13.4. The molecule has 0 radical (unpaired) electrons. The lowest BCUT2D eigenvalue weighted by atomic mass is 10.2. The Morgan fingerprint density at radius 1 is 1.10 bits per heavy atom. The minimum atomic E-state index is 0. The summed E-state index contributed by atoms with van der Waals surface area (Å²) in [5.41, 5.74) is 3.11. The molecule has 0 saturated carbocycles. The Hall–Kier alpha value is -2.75. The van der Waals surface area contributed by atoms with Crippen molar-refractivity contribution in [2.45, 2.75) is 19.8 Å². The fourth-order valence-corrected chi connectivity index (χ4v) is 3.19. The molecule has 0 atom stereocenters. The number of nitrogens with one attached hydrogen (secondary N) is 2. The van der Waals surface area contributed by atoms with Gasteiger partial charge in [-0.1, -0.05) is 18.2 Å². The van der Waals surface area contributed by atoms with Gasteiger partial charge in [-0.15, -0.1) is 24.0 Å². The lowest BCUT2D eigenvalue weighted by Crippen LogP contribution is -2.30. The fraction of sp³-hybridized carbons (Fsp3) is 0.304. The van der Waals surface area contributed by atoms with E-state index >= 15 is 0 Å². The van der Waals surface area contributed by atoms with Gasteiger partial charge in [0.2, 0.25) is 0 Å². The first-order valence-electron chi connectivity index (χ1n) is 10.4. The smallest absolute Gasteiger partial charge is 0.195 e. The molecule has 0 saturated heterocycles. The normalized spacial score (nSPS) is 13.1. The van der Waals surface area contributed by atoms with Crippen LogP contribution in [0, 0.1) is 0 Å².